The van der Waals surface area contributed by atoms with Crippen molar-refractivity contribution in [3.05, 3.63) is 60.1 Å². The first-order valence-electron chi connectivity index (χ1n) is 11.5. The molecule has 0 bridgehead atoms. The number of hydrogen-bond donors (Lipinski definition) is 1. The van der Waals surface area contributed by atoms with Crippen LogP contribution in [0.15, 0.2) is 55.1 Å². The first kappa shape index (κ1) is 23.8. The van der Waals surface area contributed by atoms with Gasteiger partial charge in [0, 0.05) is 25.8 Å². The summed E-state index contributed by atoms with van der Waals surface area (Å²) in [5.74, 6) is 2.04. The van der Waals surface area contributed by atoms with Crippen molar-refractivity contribution >= 4 is 39.9 Å². The summed E-state index contributed by atoms with van der Waals surface area (Å²) in [6.07, 6.45) is 4.15. The number of halogens is 1. The minimum absolute atomic E-state index is 0.0855. The Labute approximate surface area is 212 Å². The van der Waals surface area contributed by atoms with Crippen LogP contribution in [0.1, 0.15) is 6.92 Å². The second-order valence-corrected chi connectivity index (χ2v) is 8.70. The van der Waals surface area contributed by atoms with E-state index in [4.69, 9.17) is 25.8 Å². The van der Waals surface area contributed by atoms with Crippen LogP contribution in [-0.4, -0.2) is 63.0 Å². The number of anilines is 2. The summed E-state index contributed by atoms with van der Waals surface area (Å²) in [6, 6.07) is 10.8. The van der Waals surface area contributed by atoms with Crippen molar-refractivity contribution in [3.8, 4) is 17.2 Å². The van der Waals surface area contributed by atoms with Gasteiger partial charge in [0.15, 0.2) is 11.9 Å². The van der Waals surface area contributed by atoms with E-state index in [1.54, 1.807) is 47.1 Å². The average Bonchev–Trinajstić information content (AvgIpc) is 3.30. The molecule has 0 saturated carbocycles. The molecule has 5 rings (SSSR count). The fourth-order valence-corrected chi connectivity index (χ4v) is 4.15. The third-order valence-corrected chi connectivity index (χ3v) is 6.00. The zero-order valence-corrected chi connectivity index (χ0v) is 20.6. The molecule has 1 amide bonds. The number of nitrogens with zero attached hydrogens (tertiary/aromatic N) is 5. The number of ether oxygens (including phenoxy) is 3. The third kappa shape index (κ3) is 5.19. The van der Waals surface area contributed by atoms with Crippen LogP contribution in [-0.2, 0) is 16.6 Å². The van der Waals surface area contributed by atoms with E-state index < -0.39 is 6.10 Å². The number of amides is 1. The van der Waals surface area contributed by atoms with Gasteiger partial charge in [-0.15, -0.1) is 0 Å². The lowest BCUT2D eigenvalue weighted by Crippen LogP contribution is -2.46. The summed E-state index contributed by atoms with van der Waals surface area (Å²) in [5, 5.41) is 8.46. The van der Waals surface area contributed by atoms with Crippen molar-refractivity contribution in [1.82, 2.24) is 24.6 Å². The summed E-state index contributed by atoms with van der Waals surface area (Å²) < 4.78 is 18.9. The van der Waals surface area contributed by atoms with Gasteiger partial charge in [-0.3, -0.25) is 9.48 Å². The van der Waals surface area contributed by atoms with Crippen LogP contribution in [0.2, 0.25) is 5.02 Å². The molecule has 1 N–H and O–H groups in total. The number of fused-ring (bicyclic) bond motifs is 1. The Balaban J connectivity index is 1.38. The highest BCUT2D eigenvalue weighted by atomic mass is 35.5. The van der Waals surface area contributed by atoms with E-state index in [-0.39, 0.29) is 5.91 Å². The maximum atomic E-state index is 12.9. The quantitative estimate of drug-likeness (QED) is 0.396. The molecule has 1 atom stereocenters. The molecule has 0 aliphatic carbocycles. The number of carbonyl (C=O) groups is 1. The zero-order valence-electron chi connectivity index (χ0n) is 19.8. The Bertz CT molecular complexity index is 1380. The van der Waals surface area contributed by atoms with Crippen molar-refractivity contribution in [1.29, 1.82) is 0 Å². The first-order chi connectivity index (χ1) is 17.5. The second kappa shape index (κ2) is 10.4. The van der Waals surface area contributed by atoms with Gasteiger partial charge in [-0.1, -0.05) is 17.7 Å². The molecule has 186 valence electrons. The van der Waals surface area contributed by atoms with Crippen LogP contribution in [0.25, 0.3) is 10.9 Å². The van der Waals surface area contributed by atoms with Crippen molar-refractivity contribution in [2.75, 3.05) is 31.6 Å². The van der Waals surface area contributed by atoms with Crippen LogP contribution < -0.4 is 14.8 Å². The molecule has 36 heavy (non-hydrogen) atoms. The van der Waals surface area contributed by atoms with Gasteiger partial charge in [0.1, 0.15) is 23.6 Å². The van der Waals surface area contributed by atoms with Crippen LogP contribution >= 0.6 is 11.6 Å². The maximum Gasteiger partial charge on any atom is 0.263 e. The first-order valence-corrected chi connectivity index (χ1v) is 11.9. The molecule has 3 heterocycles. The van der Waals surface area contributed by atoms with Gasteiger partial charge in [0.2, 0.25) is 0 Å². The smallest absolute Gasteiger partial charge is 0.263 e. The minimum atomic E-state index is -0.680. The highest BCUT2D eigenvalue weighted by molar-refractivity contribution is 6.32. The molecule has 10 nitrogen and oxygen atoms in total. The number of rotatable bonds is 7. The molecule has 0 unspecified atom stereocenters. The Morgan fingerprint density at radius 3 is 2.75 bits per heavy atom. The zero-order chi connectivity index (χ0) is 25.1. The molecule has 11 heteroatoms. The van der Waals surface area contributed by atoms with Crippen molar-refractivity contribution in [3.63, 3.8) is 0 Å². The molecule has 1 aliphatic heterocycles. The molecule has 2 aromatic heterocycles. The van der Waals surface area contributed by atoms with Crippen LogP contribution in [0.3, 0.4) is 0 Å². The van der Waals surface area contributed by atoms with Crippen molar-refractivity contribution in [2.24, 2.45) is 7.05 Å². The van der Waals surface area contributed by atoms with Gasteiger partial charge >= 0.3 is 0 Å². The number of aryl methyl sites for hydroxylation is 1. The third-order valence-electron chi connectivity index (χ3n) is 5.70. The molecule has 0 radical (unpaired) electrons. The monoisotopic (exact) mass is 508 g/mol. The molecule has 1 fully saturated rings. The van der Waals surface area contributed by atoms with Gasteiger partial charge in [-0.25, -0.2) is 9.97 Å². The number of nitrogens with one attached hydrogen (secondary N) is 1. The van der Waals surface area contributed by atoms with Crippen molar-refractivity contribution in [2.45, 2.75) is 13.0 Å². The SMILES string of the molecule is C[C@@H](Oc1cccc2ncnc(Nc3ccc(Oc4cnn(C)c4)c(Cl)c3)c12)C(=O)N1CCOCC1. The molecule has 4 aromatic rings. The number of morpholine rings is 1. The largest absolute Gasteiger partial charge is 0.480 e. The minimum Gasteiger partial charge on any atom is -0.480 e. The molecule has 1 saturated heterocycles. The van der Waals surface area contributed by atoms with E-state index in [1.165, 1.54) is 6.33 Å². The van der Waals surface area contributed by atoms with Gasteiger partial charge in [-0.2, -0.15) is 5.10 Å². The standard InChI is InChI=1S/C25H25ClN6O4/c1-16(25(33)32-8-10-34-11-9-32)35-22-5-3-4-20-23(22)24(28-15-27-20)30-17-6-7-21(19(26)12-17)36-18-13-29-31(2)14-18/h3-7,12-16H,8-11H2,1-2H3,(H,27,28,30)/t16-/m1/s1. The maximum absolute atomic E-state index is 12.9. The second-order valence-electron chi connectivity index (χ2n) is 8.29. The number of hydrogen-bond acceptors (Lipinski definition) is 8. The number of benzene rings is 2. The summed E-state index contributed by atoms with van der Waals surface area (Å²) in [5.41, 5.74) is 1.38. The molecular formula is C25H25ClN6O4. The van der Waals surface area contributed by atoms with E-state index >= 15 is 0 Å². The van der Waals surface area contributed by atoms with Crippen molar-refractivity contribution < 1.29 is 19.0 Å². The van der Waals surface area contributed by atoms with Crippen LogP contribution in [0.4, 0.5) is 11.5 Å². The van der Waals surface area contributed by atoms with Crippen LogP contribution in [0, 0.1) is 0 Å². The van der Waals surface area contributed by atoms with E-state index in [0.717, 1.165) is 0 Å². The van der Waals surface area contributed by atoms with Gasteiger partial charge in [0.25, 0.3) is 5.91 Å². The Kier molecular flexibility index (Phi) is 6.88. The molecular weight excluding hydrogens is 484 g/mol. The Morgan fingerprint density at radius 2 is 2.00 bits per heavy atom. The van der Waals surface area contributed by atoms with E-state index in [0.29, 0.717) is 71.0 Å². The number of aromatic nitrogens is 4. The lowest BCUT2D eigenvalue weighted by atomic mass is 10.2. The van der Waals surface area contributed by atoms with Gasteiger partial charge < -0.3 is 24.4 Å². The topological polar surface area (TPSA) is 104 Å². The highest BCUT2D eigenvalue weighted by Crippen LogP contribution is 2.35. The molecule has 1 aliphatic rings. The molecule has 2 aromatic carbocycles. The summed E-state index contributed by atoms with van der Waals surface area (Å²) in [7, 11) is 1.81. The number of carbonyl (C=O) groups excluding carboxylic acids is 1. The lowest BCUT2D eigenvalue weighted by molar-refractivity contribution is -0.142. The average molecular weight is 509 g/mol. The summed E-state index contributed by atoms with van der Waals surface area (Å²) in [4.78, 5) is 23.4. The predicted molar refractivity (Wildman–Crippen MR) is 135 cm³/mol. The van der Waals surface area contributed by atoms with Gasteiger partial charge in [-0.05, 0) is 37.3 Å². The summed E-state index contributed by atoms with van der Waals surface area (Å²) >= 11 is 6.48. The fraction of sp³-hybridized carbons (Fsp3) is 0.280. The Hall–Kier alpha value is -3.89. The van der Waals surface area contributed by atoms with E-state index in [9.17, 15) is 4.79 Å². The van der Waals surface area contributed by atoms with E-state index in [1.807, 2.05) is 25.2 Å². The fourth-order valence-electron chi connectivity index (χ4n) is 3.93. The van der Waals surface area contributed by atoms with Gasteiger partial charge in [0.05, 0.1) is 41.5 Å². The van der Waals surface area contributed by atoms with E-state index in [2.05, 4.69) is 20.4 Å². The van der Waals surface area contributed by atoms with Crippen LogP contribution in [0.5, 0.6) is 17.2 Å². The predicted octanol–water partition coefficient (Wildman–Crippen LogP) is 4.18. The summed E-state index contributed by atoms with van der Waals surface area (Å²) in [6.45, 7) is 3.92. The normalized spacial score (nSPS) is 14.5. The highest BCUT2D eigenvalue weighted by Gasteiger charge is 2.25. The lowest BCUT2D eigenvalue weighted by Gasteiger charge is -2.29. The Morgan fingerprint density at radius 1 is 1.17 bits per heavy atom. The molecule has 0 spiro atoms.